The summed E-state index contributed by atoms with van der Waals surface area (Å²) in [7, 11) is 0. The minimum Gasteiger partial charge on any atom is -0.481 e. The number of aliphatic carboxylic acids is 1. The first-order chi connectivity index (χ1) is 9.90. The van der Waals surface area contributed by atoms with E-state index >= 15 is 0 Å². The van der Waals surface area contributed by atoms with Crippen LogP contribution in [0.2, 0.25) is 0 Å². The number of urea groups is 1. The van der Waals surface area contributed by atoms with E-state index in [1.807, 2.05) is 4.90 Å². The molecular formula is C14H21N3O4. The summed E-state index contributed by atoms with van der Waals surface area (Å²) in [5.41, 5.74) is -0.833. The first-order valence-electron chi connectivity index (χ1n) is 7.47. The largest absolute Gasteiger partial charge is 0.481 e. The number of piperazine rings is 1. The fourth-order valence-corrected chi connectivity index (χ4v) is 3.54. The molecule has 21 heavy (non-hydrogen) atoms. The van der Waals surface area contributed by atoms with Crippen molar-refractivity contribution in [3.63, 3.8) is 0 Å². The lowest BCUT2D eigenvalue weighted by Crippen LogP contribution is -2.56. The molecule has 116 valence electrons. The Labute approximate surface area is 123 Å². The zero-order chi connectivity index (χ0) is 15.2. The van der Waals surface area contributed by atoms with Gasteiger partial charge in [0.2, 0.25) is 5.91 Å². The normalized spacial score (nSPS) is 32.5. The molecule has 0 aromatic heterocycles. The van der Waals surface area contributed by atoms with Gasteiger partial charge in [0.25, 0.3) is 0 Å². The van der Waals surface area contributed by atoms with Crippen LogP contribution in [0.3, 0.4) is 0 Å². The van der Waals surface area contributed by atoms with E-state index in [2.05, 4.69) is 0 Å². The van der Waals surface area contributed by atoms with Crippen molar-refractivity contribution in [3.8, 4) is 0 Å². The van der Waals surface area contributed by atoms with Gasteiger partial charge in [0.15, 0.2) is 0 Å². The van der Waals surface area contributed by atoms with E-state index in [4.69, 9.17) is 0 Å². The van der Waals surface area contributed by atoms with Gasteiger partial charge in [-0.25, -0.2) is 4.79 Å². The summed E-state index contributed by atoms with van der Waals surface area (Å²) in [5.74, 6) is -0.657. The summed E-state index contributed by atoms with van der Waals surface area (Å²) in [6.45, 7) is 4.16. The Bertz CT molecular complexity index is 495. The molecule has 0 aliphatic carbocycles. The monoisotopic (exact) mass is 295 g/mol. The lowest BCUT2D eigenvalue weighted by Gasteiger charge is -2.39. The number of carboxylic acids is 1. The molecule has 0 saturated carbocycles. The van der Waals surface area contributed by atoms with Gasteiger partial charge in [0.1, 0.15) is 0 Å². The molecule has 0 aromatic carbocycles. The third kappa shape index (κ3) is 2.34. The molecule has 0 radical (unpaired) electrons. The summed E-state index contributed by atoms with van der Waals surface area (Å²) in [6, 6.07) is 0.0580. The molecule has 7 heteroatoms. The Hall–Kier alpha value is -1.79. The molecule has 0 aromatic rings. The second-order valence-electron chi connectivity index (χ2n) is 6.55. The van der Waals surface area contributed by atoms with E-state index in [9.17, 15) is 19.5 Å². The van der Waals surface area contributed by atoms with Crippen molar-refractivity contribution in [1.29, 1.82) is 0 Å². The van der Waals surface area contributed by atoms with E-state index in [1.165, 1.54) is 0 Å². The van der Waals surface area contributed by atoms with Crippen molar-refractivity contribution in [2.24, 2.45) is 5.41 Å². The quantitative estimate of drug-likeness (QED) is 0.750. The number of carboxylic acid groups (broad SMARTS) is 1. The van der Waals surface area contributed by atoms with Crippen molar-refractivity contribution in [2.75, 3.05) is 32.7 Å². The van der Waals surface area contributed by atoms with Gasteiger partial charge < -0.3 is 19.8 Å². The molecule has 3 amide bonds. The smallest absolute Gasteiger partial charge is 0.320 e. The van der Waals surface area contributed by atoms with Gasteiger partial charge in [-0.15, -0.1) is 0 Å². The van der Waals surface area contributed by atoms with Gasteiger partial charge in [-0.3, -0.25) is 9.59 Å². The molecule has 3 aliphatic heterocycles. The number of likely N-dealkylation sites (tertiary alicyclic amines) is 1. The lowest BCUT2D eigenvalue weighted by atomic mass is 9.90. The van der Waals surface area contributed by atoms with Gasteiger partial charge >= 0.3 is 12.0 Å². The molecule has 3 fully saturated rings. The predicted octanol–water partition coefficient (Wildman–Crippen LogP) is 0.210. The van der Waals surface area contributed by atoms with Crippen LogP contribution in [0.1, 0.15) is 26.2 Å². The maximum Gasteiger partial charge on any atom is 0.320 e. The van der Waals surface area contributed by atoms with Crippen molar-refractivity contribution in [3.05, 3.63) is 0 Å². The van der Waals surface area contributed by atoms with Crippen molar-refractivity contribution >= 4 is 17.9 Å². The Morgan fingerprint density at radius 2 is 2.00 bits per heavy atom. The Kier molecular flexibility index (Phi) is 3.30. The van der Waals surface area contributed by atoms with E-state index in [0.717, 1.165) is 6.42 Å². The van der Waals surface area contributed by atoms with Crippen LogP contribution in [-0.2, 0) is 9.59 Å². The number of hydrogen-bond acceptors (Lipinski definition) is 3. The van der Waals surface area contributed by atoms with Crippen LogP contribution < -0.4 is 0 Å². The van der Waals surface area contributed by atoms with Crippen molar-refractivity contribution < 1.29 is 19.5 Å². The number of fused-ring (bicyclic) bond motifs is 1. The highest BCUT2D eigenvalue weighted by atomic mass is 16.4. The molecule has 0 bridgehead atoms. The number of hydrogen-bond donors (Lipinski definition) is 1. The first-order valence-corrected chi connectivity index (χ1v) is 7.47. The predicted molar refractivity (Wildman–Crippen MR) is 73.6 cm³/mol. The zero-order valence-electron chi connectivity index (χ0n) is 12.2. The topological polar surface area (TPSA) is 81.2 Å². The van der Waals surface area contributed by atoms with Gasteiger partial charge in [0.05, 0.1) is 5.41 Å². The summed E-state index contributed by atoms with van der Waals surface area (Å²) in [4.78, 5) is 40.7. The van der Waals surface area contributed by atoms with Crippen LogP contribution in [0.15, 0.2) is 0 Å². The van der Waals surface area contributed by atoms with Crippen LogP contribution >= 0.6 is 0 Å². The number of rotatable bonds is 1. The second-order valence-corrected chi connectivity index (χ2v) is 6.55. The highest BCUT2D eigenvalue weighted by molar-refractivity contribution is 5.81. The average molecular weight is 295 g/mol. The molecule has 0 spiro atoms. The highest BCUT2D eigenvalue weighted by Crippen LogP contribution is 2.31. The summed E-state index contributed by atoms with van der Waals surface area (Å²) < 4.78 is 0. The van der Waals surface area contributed by atoms with Crippen LogP contribution in [0.5, 0.6) is 0 Å². The van der Waals surface area contributed by atoms with Crippen LogP contribution in [-0.4, -0.2) is 76.5 Å². The third-order valence-corrected chi connectivity index (χ3v) is 5.03. The van der Waals surface area contributed by atoms with Gasteiger partial charge in [-0.2, -0.15) is 0 Å². The fourth-order valence-electron chi connectivity index (χ4n) is 3.54. The van der Waals surface area contributed by atoms with E-state index in [1.54, 1.807) is 16.7 Å². The lowest BCUT2D eigenvalue weighted by molar-refractivity contribution is -0.147. The van der Waals surface area contributed by atoms with Crippen molar-refractivity contribution in [2.45, 2.75) is 32.2 Å². The molecule has 3 saturated heterocycles. The van der Waals surface area contributed by atoms with E-state index in [-0.39, 0.29) is 24.5 Å². The Morgan fingerprint density at radius 3 is 2.67 bits per heavy atom. The number of carbonyl (C=O) groups excluding carboxylic acids is 2. The maximum atomic E-state index is 12.5. The number of amides is 3. The van der Waals surface area contributed by atoms with E-state index in [0.29, 0.717) is 39.0 Å². The molecule has 1 N–H and O–H groups in total. The molecule has 2 unspecified atom stereocenters. The standard InChI is InChI=1S/C14H21N3O4/c1-14(12(19)20)4-5-16(9-14)13(21)15-6-7-17-10(8-15)2-3-11(17)18/h10H,2-9H2,1H3,(H,19,20). The van der Waals surface area contributed by atoms with Crippen LogP contribution in [0.4, 0.5) is 4.79 Å². The first kappa shape index (κ1) is 14.2. The molecule has 3 rings (SSSR count). The molecule has 2 atom stereocenters. The average Bonchev–Trinajstić information content (AvgIpc) is 3.03. The van der Waals surface area contributed by atoms with Gasteiger partial charge in [-0.05, 0) is 19.8 Å². The van der Waals surface area contributed by atoms with Crippen molar-refractivity contribution in [1.82, 2.24) is 14.7 Å². The SMILES string of the molecule is CC1(C(=O)O)CCN(C(=O)N2CCN3C(=O)CCC3C2)C1. The summed E-state index contributed by atoms with van der Waals surface area (Å²) in [6.07, 6.45) is 1.89. The molecular weight excluding hydrogens is 274 g/mol. The minimum atomic E-state index is -0.844. The molecule has 3 heterocycles. The molecule has 3 aliphatic rings. The van der Waals surface area contributed by atoms with Gasteiger partial charge in [-0.1, -0.05) is 0 Å². The molecule has 7 nitrogen and oxygen atoms in total. The summed E-state index contributed by atoms with van der Waals surface area (Å²) in [5, 5.41) is 9.24. The van der Waals surface area contributed by atoms with E-state index < -0.39 is 11.4 Å². The number of nitrogens with zero attached hydrogens (tertiary/aromatic N) is 3. The highest BCUT2D eigenvalue weighted by Gasteiger charge is 2.44. The van der Waals surface area contributed by atoms with Crippen LogP contribution in [0, 0.1) is 5.41 Å². The fraction of sp³-hybridized carbons (Fsp3) is 0.786. The summed E-state index contributed by atoms with van der Waals surface area (Å²) >= 11 is 0. The Balaban J connectivity index is 1.62. The second kappa shape index (κ2) is 4.89. The third-order valence-electron chi connectivity index (χ3n) is 5.03. The maximum absolute atomic E-state index is 12.5. The van der Waals surface area contributed by atoms with Gasteiger partial charge in [0, 0.05) is 45.2 Å². The Morgan fingerprint density at radius 1 is 1.24 bits per heavy atom. The van der Waals surface area contributed by atoms with Crippen LogP contribution in [0.25, 0.3) is 0 Å². The minimum absolute atomic E-state index is 0.0843. The zero-order valence-corrected chi connectivity index (χ0v) is 12.2. The number of carbonyl (C=O) groups is 3.